The maximum Gasteiger partial charge on any atom is 0.243 e. The highest BCUT2D eigenvalue weighted by molar-refractivity contribution is 7.09. The normalized spacial score (nSPS) is 18.2. The number of aromatic nitrogens is 1. The third kappa shape index (κ3) is 4.47. The van der Waals surface area contributed by atoms with Crippen LogP contribution in [0.2, 0.25) is 0 Å². The molecule has 1 aromatic carbocycles. The number of nitrogens with one attached hydrogen (secondary N) is 1. The minimum Gasteiger partial charge on any atom is -0.394 e. The van der Waals surface area contributed by atoms with Gasteiger partial charge in [-0.25, -0.2) is 0 Å². The van der Waals surface area contributed by atoms with Gasteiger partial charge < -0.3 is 15.3 Å². The summed E-state index contributed by atoms with van der Waals surface area (Å²) in [4.78, 5) is 31.6. The smallest absolute Gasteiger partial charge is 0.243 e. The van der Waals surface area contributed by atoms with Gasteiger partial charge in [0.15, 0.2) is 0 Å². The Balaban J connectivity index is 1.64. The van der Waals surface area contributed by atoms with Gasteiger partial charge in [0.2, 0.25) is 11.8 Å². The van der Waals surface area contributed by atoms with Crippen LogP contribution in [0.3, 0.4) is 0 Å². The van der Waals surface area contributed by atoms with E-state index < -0.39 is 6.04 Å². The summed E-state index contributed by atoms with van der Waals surface area (Å²) in [5.74, 6) is -0.208. The lowest BCUT2D eigenvalue weighted by atomic mass is 10.1. The minimum absolute atomic E-state index is 0.00581. The van der Waals surface area contributed by atoms with Crippen molar-refractivity contribution >= 4 is 23.2 Å². The summed E-state index contributed by atoms with van der Waals surface area (Å²) in [6.45, 7) is 2.29. The van der Waals surface area contributed by atoms with Crippen LogP contribution in [-0.4, -0.2) is 45.5 Å². The summed E-state index contributed by atoms with van der Waals surface area (Å²) in [6.07, 6.45) is 3.16. The Labute approximate surface area is 156 Å². The second-order valence-corrected chi connectivity index (χ2v) is 7.59. The van der Waals surface area contributed by atoms with E-state index in [1.54, 1.807) is 16.6 Å². The van der Waals surface area contributed by atoms with E-state index in [4.69, 9.17) is 0 Å². The predicted octanol–water partition coefficient (Wildman–Crippen LogP) is 1.66. The molecule has 2 heterocycles. The van der Waals surface area contributed by atoms with Crippen LogP contribution in [0.1, 0.15) is 28.8 Å². The lowest BCUT2D eigenvalue weighted by Gasteiger charge is -2.26. The molecular weight excluding hydrogens is 350 g/mol. The van der Waals surface area contributed by atoms with Gasteiger partial charge in [0, 0.05) is 30.5 Å². The molecule has 2 N–H and O–H groups in total. The number of aryl methyl sites for hydroxylation is 1. The summed E-state index contributed by atoms with van der Waals surface area (Å²) < 4.78 is 0. The van der Waals surface area contributed by atoms with Crippen LogP contribution >= 0.6 is 11.3 Å². The summed E-state index contributed by atoms with van der Waals surface area (Å²) in [6, 6.07) is 7.11. The molecule has 7 heteroatoms. The number of rotatable bonds is 7. The molecule has 0 aliphatic carbocycles. The number of thiazole rings is 1. The molecule has 0 bridgehead atoms. The van der Waals surface area contributed by atoms with Gasteiger partial charge in [-0.3, -0.25) is 14.6 Å². The Morgan fingerprint density at radius 2 is 2.19 bits per heavy atom. The Bertz CT molecular complexity index is 746. The lowest BCUT2D eigenvalue weighted by molar-refractivity contribution is -0.136. The molecule has 1 fully saturated rings. The quantitative estimate of drug-likeness (QED) is 0.773. The predicted molar refractivity (Wildman–Crippen MR) is 99.6 cm³/mol. The maximum atomic E-state index is 12.7. The van der Waals surface area contributed by atoms with Gasteiger partial charge in [-0.2, -0.15) is 0 Å². The number of benzene rings is 1. The first kappa shape index (κ1) is 18.5. The van der Waals surface area contributed by atoms with Crippen molar-refractivity contribution in [3.05, 3.63) is 52.0 Å². The van der Waals surface area contributed by atoms with Gasteiger partial charge in [0.25, 0.3) is 0 Å². The molecule has 1 aliphatic rings. The molecule has 1 aliphatic heterocycles. The molecule has 2 aromatic rings. The zero-order valence-electron chi connectivity index (χ0n) is 14.7. The lowest BCUT2D eigenvalue weighted by Crippen LogP contribution is -2.49. The van der Waals surface area contributed by atoms with E-state index in [9.17, 15) is 14.7 Å². The number of carbonyl (C=O) groups is 2. The zero-order chi connectivity index (χ0) is 18.5. The molecule has 3 rings (SSSR count). The fourth-order valence-corrected chi connectivity index (χ4v) is 3.82. The Kier molecular flexibility index (Phi) is 6.00. The number of aliphatic hydroxyl groups excluding tert-OH is 1. The van der Waals surface area contributed by atoms with E-state index in [1.165, 1.54) is 11.3 Å². The molecule has 1 aromatic heterocycles. The number of aliphatic hydroxyl groups is 1. The van der Waals surface area contributed by atoms with Crippen LogP contribution in [-0.2, 0) is 22.6 Å². The number of hydrogen-bond donors (Lipinski definition) is 2. The van der Waals surface area contributed by atoms with Crippen LogP contribution in [0.4, 0.5) is 0 Å². The monoisotopic (exact) mass is 373 g/mol. The summed E-state index contributed by atoms with van der Waals surface area (Å²) in [5.41, 5.74) is 3.89. The molecule has 0 spiro atoms. The molecule has 2 unspecified atom stereocenters. The SMILES string of the molecule is Cc1ccc(CN2C(=O)CCC2C(=O)NC(CO)Cc2cncs2)cc1. The van der Waals surface area contributed by atoms with Crippen molar-refractivity contribution in [1.29, 1.82) is 0 Å². The van der Waals surface area contributed by atoms with Crippen LogP contribution in [0.5, 0.6) is 0 Å². The first-order valence-electron chi connectivity index (χ1n) is 8.70. The topological polar surface area (TPSA) is 82.5 Å². The summed E-state index contributed by atoms with van der Waals surface area (Å²) in [7, 11) is 0. The fourth-order valence-electron chi connectivity index (χ4n) is 3.14. The number of carbonyl (C=O) groups excluding carboxylic acids is 2. The number of hydrogen-bond acceptors (Lipinski definition) is 5. The second-order valence-electron chi connectivity index (χ2n) is 6.62. The largest absolute Gasteiger partial charge is 0.394 e. The molecule has 0 radical (unpaired) electrons. The van der Waals surface area contributed by atoms with E-state index in [0.717, 1.165) is 16.0 Å². The van der Waals surface area contributed by atoms with E-state index in [0.29, 0.717) is 25.8 Å². The van der Waals surface area contributed by atoms with Gasteiger partial charge in [0.05, 0.1) is 18.2 Å². The van der Waals surface area contributed by atoms with Crippen molar-refractivity contribution in [2.45, 2.75) is 44.8 Å². The van der Waals surface area contributed by atoms with E-state index in [1.807, 2.05) is 31.2 Å². The molecule has 0 saturated carbocycles. The third-order valence-corrected chi connectivity index (χ3v) is 5.40. The Hall–Kier alpha value is -2.25. The summed E-state index contributed by atoms with van der Waals surface area (Å²) >= 11 is 1.49. The highest BCUT2D eigenvalue weighted by Crippen LogP contribution is 2.22. The van der Waals surface area contributed by atoms with Gasteiger partial charge in [-0.1, -0.05) is 29.8 Å². The van der Waals surface area contributed by atoms with Crippen LogP contribution in [0.15, 0.2) is 36.0 Å². The highest BCUT2D eigenvalue weighted by Gasteiger charge is 2.36. The van der Waals surface area contributed by atoms with Crippen LogP contribution < -0.4 is 5.32 Å². The second kappa shape index (κ2) is 8.42. The Morgan fingerprint density at radius 1 is 1.42 bits per heavy atom. The van der Waals surface area contributed by atoms with Crippen molar-refractivity contribution in [3.63, 3.8) is 0 Å². The average molecular weight is 373 g/mol. The van der Waals surface area contributed by atoms with E-state index in [2.05, 4.69) is 10.3 Å². The number of amides is 2. The number of nitrogens with zero attached hydrogens (tertiary/aromatic N) is 2. The van der Waals surface area contributed by atoms with E-state index >= 15 is 0 Å². The van der Waals surface area contributed by atoms with Crippen molar-refractivity contribution in [3.8, 4) is 0 Å². The van der Waals surface area contributed by atoms with Gasteiger partial charge >= 0.3 is 0 Å². The molecule has 1 saturated heterocycles. The third-order valence-electron chi connectivity index (χ3n) is 4.60. The molecule has 2 atom stereocenters. The summed E-state index contributed by atoms with van der Waals surface area (Å²) in [5, 5.41) is 12.5. The van der Waals surface area contributed by atoms with Crippen molar-refractivity contribution < 1.29 is 14.7 Å². The van der Waals surface area contributed by atoms with Crippen molar-refractivity contribution in [2.24, 2.45) is 0 Å². The first-order chi connectivity index (χ1) is 12.6. The number of likely N-dealkylation sites (tertiary alicyclic amines) is 1. The van der Waals surface area contributed by atoms with Crippen LogP contribution in [0, 0.1) is 6.92 Å². The van der Waals surface area contributed by atoms with Crippen molar-refractivity contribution in [1.82, 2.24) is 15.2 Å². The minimum atomic E-state index is -0.487. The zero-order valence-corrected chi connectivity index (χ0v) is 15.5. The van der Waals surface area contributed by atoms with Crippen LogP contribution in [0.25, 0.3) is 0 Å². The fraction of sp³-hybridized carbons (Fsp3) is 0.421. The molecule has 138 valence electrons. The Morgan fingerprint density at radius 3 is 2.85 bits per heavy atom. The van der Waals surface area contributed by atoms with Gasteiger partial charge in [0.1, 0.15) is 6.04 Å². The molecular formula is C19H23N3O3S. The highest BCUT2D eigenvalue weighted by atomic mass is 32.1. The molecule has 6 nitrogen and oxygen atoms in total. The van der Waals surface area contributed by atoms with Crippen molar-refractivity contribution in [2.75, 3.05) is 6.61 Å². The van der Waals surface area contributed by atoms with E-state index in [-0.39, 0.29) is 24.5 Å². The first-order valence-corrected chi connectivity index (χ1v) is 9.58. The standard InChI is InChI=1S/C19H23N3O3S/c1-13-2-4-14(5-3-13)10-22-17(6-7-18(22)24)19(25)21-15(11-23)8-16-9-20-12-26-16/h2-5,9,12,15,17,23H,6-8,10-11H2,1H3,(H,21,25). The molecule has 26 heavy (non-hydrogen) atoms. The molecule has 2 amide bonds. The maximum absolute atomic E-state index is 12.7. The average Bonchev–Trinajstić information content (AvgIpc) is 3.26. The van der Waals surface area contributed by atoms with Gasteiger partial charge in [-0.05, 0) is 18.9 Å². The van der Waals surface area contributed by atoms with Gasteiger partial charge in [-0.15, -0.1) is 11.3 Å².